The molecule has 0 atom stereocenters. The Kier molecular flexibility index (Phi) is 6.19. The van der Waals surface area contributed by atoms with Gasteiger partial charge in [0.1, 0.15) is 5.75 Å². The van der Waals surface area contributed by atoms with Crippen LogP contribution in [0.15, 0.2) is 48.5 Å². The maximum absolute atomic E-state index is 11.9. The minimum absolute atomic E-state index is 0.310. The molecule has 0 aliphatic heterocycles. The Balaban J connectivity index is 1.82. The van der Waals surface area contributed by atoms with Gasteiger partial charge in [-0.05, 0) is 42.3 Å². The van der Waals surface area contributed by atoms with Gasteiger partial charge in [0.2, 0.25) is 0 Å². The number of methoxy groups -OCH3 is 2. The van der Waals surface area contributed by atoms with Crippen molar-refractivity contribution in [3.63, 3.8) is 0 Å². The van der Waals surface area contributed by atoms with Gasteiger partial charge in [-0.1, -0.05) is 18.2 Å². The number of anilines is 1. The average molecular weight is 328 g/mol. The molecule has 2 amide bonds. The van der Waals surface area contributed by atoms with Gasteiger partial charge in [-0.2, -0.15) is 0 Å². The fraction of sp³-hybridized carbons (Fsp3) is 0.222. The molecule has 6 nitrogen and oxygen atoms in total. The molecule has 2 rings (SSSR count). The van der Waals surface area contributed by atoms with Gasteiger partial charge in [0.05, 0.1) is 19.8 Å². The molecule has 0 bridgehead atoms. The number of benzene rings is 2. The van der Waals surface area contributed by atoms with Crippen LogP contribution >= 0.6 is 0 Å². The van der Waals surface area contributed by atoms with Crippen LogP contribution < -0.4 is 15.4 Å². The van der Waals surface area contributed by atoms with E-state index in [9.17, 15) is 9.59 Å². The molecule has 2 aromatic rings. The second-order valence-electron chi connectivity index (χ2n) is 5.01. The molecule has 2 aromatic carbocycles. The molecule has 0 unspecified atom stereocenters. The summed E-state index contributed by atoms with van der Waals surface area (Å²) in [6.07, 6.45) is 0.665. The van der Waals surface area contributed by atoms with Crippen LogP contribution in [0.2, 0.25) is 0 Å². The number of hydrogen-bond donors (Lipinski definition) is 2. The van der Waals surface area contributed by atoms with E-state index in [0.717, 1.165) is 11.3 Å². The van der Waals surface area contributed by atoms with Gasteiger partial charge in [0.25, 0.3) is 0 Å². The van der Waals surface area contributed by atoms with Crippen molar-refractivity contribution in [2.24, 2.45) is 0 Å². The summed E-state index contributed by atoms with van der Waals surface area (Å²) in [5.74, 6) is 0.390. The molecular weight excluding hydrogens is 308 g/mol. The van der Waals surface area contributed by atoms with Crippen molar-refractivity contribution >= 4 is 17.7 Å². The summed E-state index contributed by atoms with van der Waals surface area (Å²) in [5.41, 5.74) is 2.06. The van der Waals surface area contributed by atoms with Gasteiger partial charge in [-0.15, -0.1) is 0 Å². The van der Waals surface area contributed by atoms with Crippen LogP contribution in [0.25, 0.3) is 0 Å². The number of carbonyl (C=O) groups excluding carboxylic acids is 2. The maximum Gasteiger partial charge on any atom is 0.337 e. The SMILES string of the molecule is COC(=O)c1ccc(NC(=O)NCCc2ccccc2OC)cc1. The second-order valence-corrected chi connectivity index (χ2v) is 5.01. The first kappa shape index (κ1) is 17.3. The van der Waals surface area contributed by atoms with Gasteiger partial charge < -0.3 is 20.1 Å². The molecule has 2 N–H and O–H groups in total. The van der Waals surface area contributed by atoms with E-state index in [1.54, 1.807) is 31.4 Å². The first-order chi connectivity index (χ1) is 11.6. The number of nitrogens with one attached hydrogen (secondary N) is 2. The van der Waals surface area contributed by atoms with Gasteiger partial charge >= 0.3 is 12.0 Å². The number of para-hydroxylation sites is 1. The molecule has 0 saturated heterocycles. The lowest BCUT2D eigenvalue weighted by Gasteiger charge is -2.10. The van der Waals surface area contributed by atoms with Crippen LogP contribution in [0.5, 0.6) is 5.75 Å². The van der Waals surface area contributed by atoms with Gasteiger partial charge in [0.15, 0.2) is 0 Å². The molecular formula is C18H20N2O4. The minimum Gasteiger partial charge on any atom is -0.496 e. The van der Waals surface area contributed by atoms with Crippen molar-refractivity contribution in [2.75, 3.05) is 26.1 Å². The van der Waals surface area contributed by atoms with Crippen molar-refractivity contribution in [1.82, 2.24) is 5.32 Å². The standard InChI is InChI=1S/C18H20N2O4/c1-23-16-6-4-3-5-13(16)11-12-19-18(22)20-15-9-7-14(8-10-15)17(21)24-2/h3-10H,11-12H2,1-2H3,(H2,19,20,22). The van der Waals surface area contributed by atoms with E-state index in [0.29, 0.717) is 24.2 Å². The lowest BCUT2D eigenvalue weighted by molar-refractivity contribution is 0.0601. The van der Waals surface area contributed by atoms with E-state index in [1.807, 2.05) is 24.3 Å². The molecule has 0 aliphatic carbocycles. The topological polar surface area (TPSA) is 76.7 Å². The fourth-order valence-corrected chi connectivity index (χ4v) is 2.20. The van der Waals surface area contributed by atoms with Crippen molar-refractivity contribution in [3.8, 4) is 5.75 Å². The van der Waals surface area contributed by atoms with Gasteiger partial charge in [0, 0.05) is 12.2 Å². The highest BCUT2D eigenvalue weighted by Gasteiger charge is 2.07. The Morgan fingerprint density at radius 3 is 2.38 bits per heavy atom. The Bertz CT molecular complexity index is 698. The molecule has 126 valence electrons. The van der Waals surface area contributed by atoms with Crippen LogP contribution in [-0.4, -0.2) is 32.8 Å². The summed E-state index contributed by atoms with van der Waals surface area (Å²) in [6, 6.07) is 13.9. The van der Waals surface area contributed by atoms with Gasteiger partial charge in [-0.3, -0.25) is 0 Å². The number of rotatable bonds is 6. The predicted octanol–water partition coefficient (Wildman–Crippen LogP) is 2.85. The summed E-state index contributed by atoms with van der Waals surface area (Å²) in [5, 5.41) is 5.49. The highest BCUT2D eigenvalue weighted by Crippen LogP contribution is 2.17. The summed E-state index contributed by atoms with van der Waals surface area (Å²) < 4.78 is 9.89. The van der Waals surface area contributed by atoms with Crippen LogP contribution in [0.4, 0.5) is 10.5 Å². The summed E-state index contributed by atoms with van der Waals surface area (Å²) in [4.78, 5) is 23.2. The first-order valence-corrected chi connectivity index (χ1v) is 7.49. The maximum atomic E-state index is 11.9. The third-order valence-electron chi connectivity index (χ3n) is 3.44. The van der Waals surface area contributed by atoms with Crippen molar-refractivity contribution in [1.29, 1.82) is 0 Å². The normalized spacial score (nSPS) is 9.92. The van der Waals surface area contributed by atoms with E-state index in [1.165, 1.54) is 7.11 Å². The molecule has 6 heteroatoms. The molecule has 24 heavy (non-hydrogen) atoms. The third-order valence-corrected chi connectivity index (χ3v) is 3.44. The molecule has 0 spiro atoms. The first-order valence-electron chi connectivity index (χ1n) is 7.49. The van der Waals surface area contributed by atoms with E-state index >= 15 is 0 Å². The quantitative estimate of drug-likeness (QED) is 0.800. The number of amides is 2. The molecule has 0 heterocycles. The van der Waals surface area contributed by atoms with Crippen LogP contribution in [-0.2, 0) is 11.2 Å². The smallest absolute Gasteiger partial charge is 0.337 e. The lowest BCUT2D eigenvalue weighted by atomic mass is 10.1. The Morgan fingerprint density at radius 2 is 1.71 bits per heavy atom. The van der Waals surface area contributed by atoms with E-state index < -0.39 is 5.97 Å². The molecule has 0 aromatic heterocycles. The van der Waals surface area contributed by atoms with Gasteiger partial charge in [-0.25, -0.2) is 9.59 Å². The third kappa shape index (κ3) is 4.74. The van der Waals surface area contributed by atoms with E-state index in [4.69, 9.17) is 4.74 Å². The minimum atomic E-state index is -0.414. The van der Waals surface area contributed by atoms with E-state index in [-0.39, 0.29) is 6.03 Å². The number of hydrogen-bond acceptors (Lipinski definition) is 4. The average Bonchev–Trinajstić information content (AvgIpc) is 2.62. The summed E-state index contributed by atoms with van der Waals surface area (Å²) in [6.45, 7) is 0.479. The Hall–Kier alpha value is -3.02. The zero-order valence-electron chi connectivity index (χ0n) is 13.7. The van der Waals surface area contributed by atoms with E-state index in [2.05, 4.69) is 15.4 Å². The second kappa shape index (κ2) is 8.57. The number of ether oxygens (including phenoxy) is 2. The Labute approximate surface area is 140 Å². The Morgan fingerprint density at radius 1 is 1.00 bits per heavy atom. The largest absolute Gasteiger partial charge is 0.496 e. The molecule has 0 saturated carbocycles. The number of urea groups is 1. The summed E-state index contributed by atoms with van der Waals surface area (Å²) in [7, 11) is 2.95. The van der Waals surface area contributed by atoms with Crippen LogP contribution in [0, 0.1) is 0 Å². The van der Waals surface area contributed by atoms with Crippen molar-refractivity contribution in [3.05, 3.63) is 59.7 Å². The highest BCUT2D eigenvalue weighted by atomic mass is 16.5. The zero-order valence-corrected chi connectivity index (χ0v) is 13.7. The molecule has 0 radical (unpaired) electrons. The highest BCUT2D eigenvalue weighted by molar-refractivity contribution is 5.92. The zero-order chi connectivity index (χ0) is 17.4. The molecule has 0 fully saturated rings. The lowest BCUT2D eigenvalue weighted by Crippen LogP contribution is -2.30. The molecule has 0 aliphatic rings. The van der Waals surface area contributed by atoms with Crippen molar-refractivity contribution in [2.45, 2.75) is 6.42 Å². The fourth-order valence-electron chi connectivity index (χ4n) is 2.20. The number of esters is 1. The monoisotopic (exact) mass is 328 g/mol. The van der Waals surface area contributed by atoms with Crippen molar-refractivity contribution < 1.29 is 19.1 Å². The summed E-state index contributed by atoms with van der Waals surface area (Å²) >= 11 is 0. The predicted molar refractivity (Wildman–Crippen MR) is 91.5 cm³/mol. The van der Waals surface area contributed by atoms with Crippen LogP contribution in [0.3, 0.4) is 0 Å². The van der Waals surface area contributed by atoms with Crippen LogP contribution in [0.1, 0.15) is 15.9 Å². The number of carbonyl (C=O) groups is 2.